The normalized spacial score (nSPS) is 11.1. The molecule has 0 aliphatic heterocycles. The quantitative estimate of drug-likeness (QED) is 0.755. The van der Waals surface area contributed by atoms with Gasteiger partial charge < -0.3 is 10.7 Å². The zero-order valence-electron chi connectivity index (χ0n) is 12.6. The summed E-state index contributed by atoms with van der Waals surface area (Å²) in [7, 11) is 0. The van der Waals surface area contributed by atoms with Gasteiger partial charge in [0.05, 0.1) is 5.52 Å². The molecule has 0 atom stereocenters. The molecule has 0 bridgehead atoms. The fraction of sp³-hybridized carbons (Fsp3) is 0.167. The molecule has 118 valence electrons. The molecule has 2 aromatic carbocycles. The monoisotopic (exact) mass is 314 g/mol. The molecule has 1 aromatic heterocycles. The first-order valence-electron chi connectivity index (χ1n) is 7.30. The van der Waals surface area contributed by atoms with Crippen molar-refractivity contribution in [2.24, 2.45) is 5.73 Å². The smallest absolute Gasteiger partial charge is 0.217 e. The van der Waals surface area contributed by atoms with Gasteiger partial charge in [0.1, 0.15) is 11.6 Å². The molecule has 0 spiro atoms. The number of aryl methyl sites for hydroxylation is 2. The molecule has 3 N–H and O–H groups in total. The van der Waals surface area contributed by atoms with Gasteiger partial charge in [-0.05, 0) is 30.5 Å². The number of benzene rings is 2. The molecule has 3 rings (SSSR count). The minimum Gasteiger partial charge on any atom is -0.370 e. The van der Waals surface area contributed by atoms with Crippen molar-refractivity contribution in [3.05, 3.63) is 59.2 Å². The van der Waals surface area contributed by atoms with Gasteiger partial charge in [0, 0.05) is 23.6 Å². The fourth-order valence-corrected chi connectivity index (χ4v) is 2.75. The number of carbonyl (C=O) groups is 1. The Bertz CT molecular complexity index is 882. The Morgan fingerprint density at radius 1 is 1.17 bits per heavy atom. The Hall–Kier alpha value is -2.69. The van der Waals surface area contributed by atoms with Crippen LogP contribution in [0.4, 0.5) is 8.78 Å². The Morgan fingerprint density at radius 2 is 1.87 bits per heavy atom. The van der Waals surface area contributed by atoms with E-state index in [2.05, 4.69) is 4.98 Å². The second-order valence-corrected chi connectivity index (χ2v) is 5.62. The van der Waals surface area contributed by atoms with E-state index in [1.807, 2.05) is 31.2 Å². The lowest BCUT2D eigenvalue weighted by molar-refractivity contribution is -0.117. The number of hydrogen-bond acceptors (Lipinski definition) is 1. The molecule has 0 fully saturated rings. The van der Waals surface area contributed by atoms with Gasteiger partial charge in [0.2, 0.25) is 5.91 Å². The van der Waals surface area contributed by atoms with Crippen molar-refractivity contribution in [1.29, 1.82) is 0 Å². The average molecular weight is 314 g/mol. The van der Waals surface area contributed by atoms with Crippen molar-refractivity contribution in [3.8, 4) is 11.3 Å². The minimum atomic E-state index is -0.654. The Labute approximate surface area is 132 Å². The van der Waals surface area contributed by atoms with Crippen LogP contribution in [-0.4, -0.2) is 10.9 Å². The Balaban J connectivity index is 2.22. The summed E-state index contributed by atoms with van der Waals surface area (Å²) in [5, 5.41) is 0.444. The van der Waals surface area contributed by atoms with Gasteiger partial charge in [-0.2, -0.15) is 0 Å². The maximum atomic E-state index is 14.1. The van der Waals surface area contributed by atoms with E-state index >= 15 is 0 Å². The number of primary amides is 1. The van der Waals surface area contributed by atoms with Gasteiger partial charge in [-0.15, -0.1) is 0 Å². The van der Waals surface area contributed by atoms with E-state index in [1.165, 1.54) is 6.07 Å². The van der Waals surface area contributed by atoms with E-state index < -0.39 is 17.5 Å². The van der Waals surface area contributed by atoms with Crippen LogP contribution in [0.25, 0.3) is 22.2 Å². The zero-order chi connectivity index (χ0) is 16.6. The molecule has 0 saturated heterocycles. The lowest BCUT2D eigenvalue weighted by atomic mass is 10.0. The van der Waals surface area contributed by atoms with Crippen molar-refractivity contribution < 1.29 is 13.6 Å². The van der Waals surface area contributed by atoms with Crippen molar-refractivity contribution in [2.75, 3.05) is 0 Å². The van der Waals surface area contributed by atoms with Crippen molar-refractivity contribution in [2.45, 2.75) is 19.8 Å². The van der Waals surface area contributed by atoms with Crippen molar-refractivity contribution in [3.63, 3.8) is 0 Å². The predicted octanol–water partition coefficient (Wildman–Crippen LogP) is 3.84. The standard InChI is InChI=1S/C18H16F2N2O/c1-10-2-4-11(5-3-10)17-13(6-7-16(21)23)14-8-12(19)9-15(20)18(14)22-17/h2-5,8-9,22H,6-7H2,1H3,(H2,21,23). The van der Waals surface area contributed by atoms with E-state index in [0.717, 1.165) is 17.2 Å². The van der Waals surface area contributed by atoms with Crippen LogP contribution in [0.5, 0.6) is 0 Å². The number of H-pyrrole nitrogens is 1. The molecule has 3 nitrogen and oxygen atoms in total. The van der Waals surface area contributed by atoms with Gasteiger partial charge in [-0.25, -0.2) is 8.78 Å². The lowest BCUT2D eigenvalue weighted by Crippen LogP contribution is -2.11. The van der Waals surface area contributed by atoms with E-state index in [-0.39, 0.29) is 11.9 Å². The number of hydrogen-bond donors (Lipinski definition) is 2. The highest BCUT2D eigenvalue weighted by Gasteiger charge is 2.17. The van der Waals surface area contributed by atoms with E-state index in [1.54, 1.807) is 0 Å². The average Bonchev–Trinajstić information content (AvgIpc) is 2.84. The third-order valence-electron chi connectivity index (χ3n) is 3.89. The van der Waals surface area contributed by atoms with Gasteiger partial charge in [-0.1, -0.05) is 29.8 Å². The molecule has 1 heterocycles. The number of halogens is 2. The van der Waals surface area contributed by atoms with Crippen LogP contribution in [0.2, 0.25) is 0 Å². The van der Waals surface area contributed by atoms with Gasteiger partial charge in [0.15, 0.2) is 0 Å². The first-order valence-corrected chi connectivity index (χ1v) is 7.30. The molecular formula is C18H16F2N2O. The molecule has 1 amide bonds. The number of aromatic amines is 1. The number of fused-ring (bicyclic) bond motifs is 1. The SMILES string of the molecule is Cc1ccc(-c2[nH]c3c(F)cc(F)cc3c2CCC(N)=O)cc1. The van der Waals surface area contributed by atoms with Crippen LogP contribution in [-0.2, 0) is 11.2 Å². The topological polar surface area (TPSA) is 58.9 Å². The molecule has 3 aromatic rings. The summed E-state index contributed by atoms with van der Waals surface area (Å²) in [6.45, 7) is 1.97. The second-order valence-electron chi connectivity index (χ2n) is 5.62. The second kappa shape index (κ2) is 5.83. The Kier molecular flexibility index (Phi) is 3.86. The van der Waals surface area contributed by atoms with E-state index in [0.29, 0.717) is 23.1 Å². The largest absolute Gasteiger partial charge is 0.370 e. The number of rotatable bonds is 4. The molecule has 0 aliphatic carbocycles. The third kappa shape index (κ3) is 2.95. The van der Waals surface area contributed by atoms with Crippen LogP contribution in [0.1, 0.15) is 17.5 Å². The summed E-state index contributed by atoms with van der Waals surface area (Å²) in [4.78, 5) is 14.1. The zero-order valence-corrected chi connectivity index (χ0v) is 12.6. The highest BCUT2D eigenvalue weighted by molar-refractivity contribution is 5.91. The molecule has 0 aliphatic rings. The number of carbonyl (C=O) groups excluding carboxylic acids is 1. The summed E-state index contributed by atoms with van der Waals surface area (Å²) >= 11 is 0. The van der Waals surface area contributed by atoms with Gasteiger partial charge in [0.25, 0.3) is 0 Å². The summed E-state index contributed by atoms with van der Waals surface area (Å²) in [5.74, 6) is -1.76. The van der Waals surface area contributed by atoms with E-state index in [9.17, 15) is 13.6 Å². The van der Waals surface area contributed by atoms with Crippen LogP contribution in [0, 0.1) is 18.6 Å². The minimum absolute atomic E-state index is 0.115. The molecule has 0 saturated carbocycles. The molecular weight excluding hydrogens is 298 g/mol. The van der Waals surface area contributed by atoms with Crippen molar-refractivity contribution >= 4 is 16.8 Å². The van der Waals surface area contributed by atoms with Crippen molar-refractivity contribution in [1.82, 2.24) is 4.98 Å². The lowest BCUT2D eigenvalue weighted by Gasteiger charge is -2.05. The fourth-order valence-electron chi connectivity index (χ4n) is 2.75. The highest BCUT2D eigenvalue weighted by atomic mass is 19.1. The van der Waals surface area contributed by atoms with Crippen LogP contribution in [0.3, 0.4) is 0 Å². The number of nitrogens with two attached hydrogens (primary N) is 1. The number of amides is 1. The highest BCUT2D eigenvalue weighted by Crippen LogP contribution is 2.33. The number of aromatic nitrogens is 1. The summed E-state index contributed by atoms with van der Waals surface area (Å²) in [6, 6.07) is 9.81. The molecule has 0 unspecified atom stereocenters. The molecule has 0 radical (unpaired) electrons. The van der Waals surface area contributed by atoms with Gasteiger partial charge >= 0.3 is 0 Å². The molecule has 5 heteroatoms. The maximum Gasteiger partial charge on any atom is 0.217 e. The van der Waals surface area contributed by atoms with Crippen LogP contribution < -0.4 is 5.73 Å². The van der Waals surface area contributed by atoms with E-state index in [4.69, 9.17) is 5.73 Å². The number of nitrogens with one attached hydrogen (secondary N) is 1. The molecule has 23 heavy (non-hydrogen) atoms. The predicted molar refractivity (Wildman–Crippen MR) is 85.9 cm³/mol. The summed E-state index contributed by atoms with van der Waals surface area (Å²) in [6.07, 6.45) is 0.436. The Morgan fingerprint density at radius 3 is 2.52 bits per heavy atom. The third-order valence-corrected chi connectivity index (χ3v) is 3.89. The summed E-state index contributed by atoms with van der Waals surface area (Å²) in [5.41, 5.74) is 8.79. The first-order chi connectivity index (χ1) is 11.0. The van der Waals surface area contributed by atoms with Crippen LogP contribution in [0.15, 0.2) is 36.4 Å². The first kappa shape index (κ1) is 15.2. The van der Waals surface area contributed by atoms with Crippen LogP contribution >= 0.6 is 0 Å². The van der Waals surface area contributed by atoms with Gasteiger partial charge in [-0.3, -0.25) is 4.79 Å². The summed E-state index contributed by atoms with van der Waals surface area (Å²) < 4.78 is 27.7. The maximum absolute atomic E-state index is 14.1.